The average molecular weight is 152 g/mol. The molecule has 0 amide bonds. The van der Waals surface area contributed by atoms with Gasteiger partial charge in [-0.2, -0.15) is 0 Å². The predicted octanol–water partition coefficient (Wildman–Crippen LogP) is 4.07. The minimum absolute atomic E-state index is 1.35. The lowest BCUT2D eigenvalue weighted by Gasteiger charge is -1.95. The van der Waals surface area contributed by atoms with Crippen molar-refractivity contribution < 1.29 is 0 Å². The van der Waals surface area contributed by atoms with Gasteiger partial charge >= 0.3 is 0 Å². The molecule has 1 rings (SSSR count). The Morgan fingerprint density at radius 3 is 2.27 bits per heavy atom. The van der Waals surface area contributed by atoms with Crippen LogP contribution in [0.15, 0.2) is 11.1 Å². The Morgan fingerprint density at radius 2 is 1.73 bits per heavy atom. The molecule has 64 valence electrons. The van der Waals surface area contributed by atoms with Crippen molar-refractivity contribution in [2.75, 3.05) is 0 Å². The summed E-state index contributed by atoms with van der Waals surface area (Å²) in [5, 5.41) is 0. The van der Waals surface area contributed by atoms with Crippen LogP contribution >= 0.6 is 0 Å². The highest BCUT2D eigenvalue weighted by Gasteiger charge is 2.14. The zero-order chi connectivity index (χ0) is 8.10. The third-order valence-electron chi connectivity index (χ3n) is 2.54. The molecule has 1 aliphatic carbocycles. The minimum atomic E-state index is 1.35. The molecule has 0 heteroatoms. The molecule has 0 aromatic carbocycles. The van der Waals surface area contributed by atoms with Crippen molar-refractivity contribution in [2.45, 2.75) is 58.8 Å². The lowest BCUT2D eigenvalue weighted by atomic mass is 10.1. The number of allylic oxidation sites excluding steroid dienone is 2. The van der Waals surface area contributed by atoms with Crippen LogP contribution in [0.2, 0.25) is 0 Å². The second-order valence-corrected chi connectivity index (χ2v) is 3.72. The predicted molar refractivity (Wildman–Crippen MR) is 50.7 cm³/mol. The van der Waals surface area contributed by atoms with E-state index in [9.17, 15) is 0 Å². The van der Waals surface area contributed by atoms with Crippen molar-refractivity contribution in [3.8, 4) is 0 Å². The summed E-state index contributed by atoms with van der Waals surface area (Å²) >= 11 is 0. The van der Waals surface area contributed by atoms with Crippen LogP contribution in [0.3, 0.4) is 0 Å². The summed E-state index contributed by atoms with van der Waals surface area (Å²) in [6, 6.07) is 0. The molecule has 0 spiro atoms. The number of hydrogen-bond donors (Lipinski definition) is 0. The van der Waals surface area contributed by atoms with Gasteiger partial charge in [0.05, 0.1) is 0 Å². The molecule has 0 heterocycles. The second kappa shape index (κ2) is 4.58. The van der Waals surface area contributed by atoms with Gasteiger partial charge in [-0.05, 0) is 26.2 Å². The Labute approximate surface area is 70.7 Å². The highest BCUT2D eigenvalue weighted by Crippen LogP contribution is 2.34. The highest BCUT2D eigenvalue weighted by molar-refractivity contribution is 5.32. The van der Waals surface area contributed by atoms with E-state index in [1.165, 1.54) is 44.9 Å². The summed E-state index contributed by atoms with van der Waals surface area (Å²) < 4.78 is 0. The third-order valence-corrected chi connectivity index (χ3v) is 2.54. The third kappa shape index (κ3) is 3.60. The molecule has 0 saturated carbocycles. The van der Waals surface area contributed by atoms with Crippen LogP contribution in [0, 0.1) is 0 Å². The Balaban J connectivity index is 1.82. The molecule has 1 aliphatic rings. The molecular formula is C11H20. The molecule has 0 fully saturated rings. The Bertz CT molecular complexity index is 142. The molecule has 0 atom stereocenters. The summed E-state index contributed by atoms with van der Waals surface area (Å²) in [6.45, 7) is 4.54. The fourth-order valence-corrected chi connectivity index (χ4v) is 1.52. The van der Waals surface area contributed by atoms with Gasteiger partial charge in [-0.15, -0.1) is 0 Å². The van der Waals surface area contributed by atoms with Crippen LogP contribution in [-0.2, 0) is 0 Å². The minimum Gasteiger partial charge on any atom is -0.0697 e. The molecule has 11 heavy (non-hydrogen) atoms. The van der Waals surface area contributed by atoms with Crippen molar-refractivity contribution in [3.63, 3.8) is 0 Å². The maximum Gasteiger partial charge on any atom is -0.0106 e. The van der Waals surface area contributed by atoms with E-state index in [1.54, 1.807) is 11.1 Å². The van der Waals surface area contributed by atoms with Gasteiger partial charge in [0.15, 0.2) is 0 Å². The molecule has 0 aliphatic heterocycles. The first-order chi connectivity index (χ1) is 5.34. The fraction of sp³-hybridized carbons (Fsp3) is 0.818. The number of rotatable bonds is 6. The Morgan fingerprint density at radius 1 is 1.09 bits per heavy atom. The van der Waals surface area contributed by atoms with Gasteiger partial charge in [0, 0.05) is 0 Å². The van der Waals surface area contributed by atoms with E-state index in [0.717, 1.165) is 0 Å². The second-order valence-electron chi connectivity index (χ2n) is 3.72. The van der Waals surface area contributed by atoms with Crippen molar-refractivity contribution in [3.05, 3.63) is 11.1 Å². The van der Waals surface area contributed by atoms with Crippen molar-refractivity contribution >= 4 is 0 Å². The smallest absolute Gasteiger partial charge is 0.0106 e. The zero-order valence-electron chi connectivity index (χ0n) is 7.95. The van der Waals surface area contributed by atoms with E-state index >= 15 is 0 Å². The maximum atomic E-state index is 2.27. The van der Waals surface area contributed by atoms with Crippen LogP contribution in [0.1, 0.15) is 58.8 Å². The summed E-state index contributed by atoms with van der Waals surface area (Å²) in [6.07, 6.45) is 9.88. The molecule has 0 nitrogen and oxygen atoms in total. The van der Waals surface area contributed by atoms with Crippen LogP contribution in [0.4, 0.5) is 0 Å². The van der Waals surface area contributed by atoms with Crippen LogP contribution in [0.25, 0.3) is 0 Å². The van der Waals surface area contributed by atoms with E-state index in [2.05, 4.69) is 13.8 Å². The van der Waals surface area contributed by atoms with E-state index < -0.39 is 0 Å². The van der Waals surface area contributed by atoms with Gasteiger partial charge in [0.1, 0.15) is 0 Å². The lowest BCUT2D eigenvalue weighted by molar-refractivity contribution is 0.633. The molecule has 0 unspecified atom stereocenters. The maximum absolute atomic E-state index is 2.27. The summed E-state index contributed by atoms with van der Waals surface area (Å²) in [7, 11) is 0. The van der Waals surface area contributed by atoms with E-state index in [4.69, 9.17) is 0 Å². The first-order valence-corrected chi connectivity index (χ1v) is 5.02. The molecule has 0 N–H and O–H groups in total. The van der Waals surface area contributed by atoms with Gasteiger partial charge in [0.25, 0.3) is 0 Å². The Hall–Kier alpha value is -0.260. The van der Waals surface area contributed by atoms with Crippen LogP contribution < -0.4 is 0 Å². The molecular weight excluding hydrogens is 132 g/mol. The molecule has 0 bridgehead atoms. The lowest BCUT2D eigenvalue weighted by Crippen LogP contribution is -1.76. The molecule has 0 radical (unpaired) electrons. The van der Waals surface area contributed by atoms with Gasteiger partial charge in [-0.1, -0.05) is 43.8 Å². The van der Waals surface area contributed by atoms with E-state index in [1.807, 2.05) is 0 Å². The fourth-order valence-electron chi connectivity index (χ4n) is 1.52. The van der Waals surface area contributed by atoms with Crippen molar-refractivity contribution in [2.24, 2.45) is 0 Å². The van der Waals surface area contributed by atoms with E-state index in [0.29, 0.717) is 0 Å². The zero-order valence-corrected chi connectivity index (χ0v) is 7.95. The summed E-state index contributed by atoms with van der Waals surface area (Å²) in [4.78, 5) is 0. The first kappa shape index (κ1) is 8.83. The monoisotopic (exact) mass is 152 g/mol. The molecule has 0 aromatic rings. The van der Waals surface area contributed by atoms with Crippen LogP contribution in [0.5, 0.6) is 0 Å². The van der Waals surface area contributed by atoms with Gasteiger partial charge in [-0.3, -0.25) is 0 Å². The van der Waals surface area contributed by atoms with Crippen molar-refractivity contribution in [1.29, 1.82) is 0 Å². The topological polar surface area (TPSA) is 0 Å². The number of hydrogen-bond acceptors (Lipinski definition) is 0. The first-order valence-electron chi connectivity index (χ1n) is 5.02. The normalized spacial score (nSPS) is 15.8. The van der Waals surface area contributed by atoms with Crippen LogP contribution in [-0.4, -0.2) is 0 Å². The SMILES string of the molecule is CCCCCCCC1=C(C)C1. The van der Waals surface area contributed by atoms with E-state index in [-0.39, 0.29) is 0 Å². The van der Waals surface area contributed by atoms with Crippen molar-refractivity contribution in [1.82, 2.24) is 0 Å². The quantitative estimate of drug-likeness (QED) is 0.397. The largest absolute Gasteiger partial charge is 0.0697 e. The number of unbranched alkanes of at least 4 members (excludes halogenated alkanes) is 4. The van der Waals surface area contributed by atoms with Gasteiger partial charge in [-0.25, -0.2) is 0 Å². The highest BCUT2D eigenvalue weighted by atomic mass is 14.2. The average Bonchev–Trinajstić information content (AvgIpc) is 2.67. The summed E-state index contributed by atoms with van der Waals surface area (Å²) in [5.74, 6) is 0. The Kier molecular flexibility index (Phi) is 3.68. The molecule has 0 aromatic heterocycles. The van der Waals surface area contributed by atoms with Gasteiger partial charge < -0.3 is 0 Å². The molecule has 0 saturated heterocycles. The van der Waals surface area contributed by atoms with Gasteiger partial charge in [0.2, 0.25) is 0 Å². The summed E-state index contributed by atoms with van der Waals surface area (Å²) in [5.41, 5.74) is 3.42. The standard InChI is InChI=1S/C11H20/c1-3-4-5-6-7-8-11-9-10(11)2/h3-9H2,1-2H3.